The molecule has 3 nitrogen and oxygen atoms in total. The molecular weight excluding hydrogens is 178 g/mol. The van der Waals surface area contributed by atoms with E-state index in [1.54, 1.807) is 4.90 Å². The van der Waals surface area contributed by atoms with Gasteiger partial charge in [0.15, 0.2) is 0 Å². The summed E-state index contributed by atoms with van der Waals surface area (Å²) in [5.41, 5.74) is 0. The van der Waals surface area contributed by atoms with Gasteiger partial charge in [-0.25, -0.2) is 0 Å². The van der Waals surface area contributed by atoms with Crippen LogP contribution in [0.2, 0.25) is 0 Å². The summed E-state index contributed by atoms with van der Waals surface area (Å²) in [5.74, 6) is 0.0517. The lowest BCUT2D eigenvalue weighted by molar-refractivity contribution is -0.133. The molecule has 1 saturated heterocycles. The van der Waals surface area contributed by atoms with Gasteiger partial charge >= 0.3 is 0 Å². The standard InChI is InChI=1S/C8H12ClNO2/c1-2-6(8(9)12)10-5-3-4-7(10)11/h6H,2-5H2,1H3/t6-/m0/s1. The third kappa shape index (κ3) is 1.78. The molecule has 1 aliphatic rings. The lowest BCUT2D eigenvalue weighted by Gasteiger charge is -2.22. The van der Waals surface area contributed by atoms with Crippen LogP contribution in [0.3, 0.4) is 0 Å². The minimum Gasteiger partial charge on any atom is -0.331 e. The van der Waals surface area contributed by atoms with Gasteiger partial charge in [0.05, 0.1) is 0 Å². The number of carbonyl (C=O) groups excluding carboxylic acids is 2. The predicted octanol–water partition coefficient (Wildman–Crippen LogP) is 1.15. The number of amides is 1. The van der Waals surface area contributed by atoms with E-state index < -0.39 is 11.3 Å². The largest absolute Gasteiger partial charge is 0.331 e. The molecule has 0 unspecified atom stereocenters. The van der Waals surface area contributed by atoms with Gasteiger partial charge in [-0.15, -0.1) is 0 Å². The molecule has 0 saturated carbocycles. The van der Waals surface area contributed by atoms with E-state index in [4.69, 9.17) is 11.6 Å². The van der Waals surface area contributed by atoms with Crippen molar-refractivity contribution in [3.8, 4) is 0 Å². The van der Waals surface area contributed by atoms with Crippen LogP contribution in [0.4, 0.5) is 0 Å². The average Bonchev–Trinajstić information content (AvgIpc) is 2.38. The number of carbonyl (C=O) groups is 2. The van der Waals surface area contributed by atoms with Gasteiger partial charge in [0, 0.05) is 13.0 Å². The predicted molar refractivity (Wildman–Crippen MR) is 45.9 cm³/mol. The summed E-state index contributed by atoms with van der Waals surface area (Å²) in [6.07, 6.45) is 2.01. The first-order valence-corrected chi connectivity index (χ1v) is 4.53. The first-order valence-electron chi connectivity index (χ1n) is 4.15. The van der Waals surface area contributed by atoms with Crippen LogP contribution < -0.4 is 0 Å². The van der Waals surface area contributed by atoms with E-state index in [0.717, 1.165) is 6.42 Å². The lowest BCUT2D eigenvalue weighted by atomic mass is 10.2. The van der Waals surface area contributed by atoms with Crippen molar-refractivity contribution in [3.63, 3.8) is 0 Å². The molecule has 0 radical (unpaired) electrons. The second kappa shape index (κ2) is 3.90. The topological polar surface area (TPSA) is 37.4 Å². The van der Waals surface area contributed by atoms with Gasteiger partial charge in [0.2, 0.25) is 11.1 Å². The van der Waals surface area contributed by atoms with Crippen LogP contribution in [0.5, 0.6) is 0 Å². The second-order valence-corrected chi connectivity index (χ2v) is 3.29. The number of rotatable bonds is 3. The van der Waals surface area contributed by atoms with E-state index >= 15 is 0 Å². The first kappa shape index (κ1) is 9.52. The minimum atomic E-state index is -0.423. The van der Waals surface area contributed by atoms with E-state index in [9.17, 15) is 9.59 Å². The van der Waals surface area contributed by atoms with Crippen molar-refractivity contribution in [1.82, 2.24) is 4.90 Å². The van der Waals surface area contributed by atoms with E-state index in [1.165, 1.54) is 0 Å². The van der Waals surface area contributed by atoms with E-state index in [1.807, 2.05) is 6.92 Å². The summed E-state index contributed by atoms with van der Waals surface area (Å²) in [6.45, 7) is 2.53. The highest BCUT2D eigenvalue weighted by Gasteiger charge is 2.30. The Labute approximate surface area is 76.7 Å². The Kier molecular flexibility index (Phi) is 3.09. The third-order valence-electron chi connectivity index (χ3n) is 2.13. The molecule has 0 aromatic carbocycles. The highest BCUT2D eigenvalue weighted by molar-refractivity contribution is 6.64. The van der Waals surface area contributed by atoms with Crippen LogP contribution >= 0.6 is 11.6 Å². The summed E-state index contributed by atoms with van der Waals surface area (Å²) in [6, 6.07) is -0.401. The molecule has 12 heavy (non-hydrogen) atoms. The van der Waals surface area contributed by atoms with Crippen molar-refractivity contribution in [1.29, 1.82) is 0 Å². The molecule has 0 spiro atoms. The van der Waals surface area contributed by atoms with Gasteiger partial charge in [-0.2, -0.15) is 0 Å². The highest BCUT2D eigenvalue weighted by Crippen LogP contribution is 2.17. The van der Waals surface area contributed by atoms with Crippen LogP contribution in [-0.2, 0) is 9.59 Å². The first-order chi connectivity index (χ1) is 5.66. The molecule has 1 rings (SSSR count). The van der Waals surface area contributed by atoms with Gasteiger partial charge in [0.1, 0.15) is 6.04 Å². The fraction of sp³-hybridized carbons (Fsp3) is 0.750. The molecule has 1 atom stereocenters. The van der Waals surface area contributed by atoms with Gasteiger partial charge in [-0.1, -0.05) is 6.92 Å². The summed E-state index contributed by atoms with van der Waals surface area (Å²) in [7, 11) is 0. The summed E-state index contributed by atoms with van der Waals surface area (Å²) >= 11 is 5.36. The molecule has 0 N–H and O–H groups in total. The zero-order chi connectivity index (χ0) is 9.14. The monoisotopic (exact) mass is 189 g/mol. The van der Waals surface area contributed by atoms with Crippen LogP contribution in [0.1, 0.15) is 26.2 Å². The second-order valence-electron chi connectivity index (χ2n) is 2.92. The number of hydrogen-bond acceptors (Lipinski definition) is 2. The Hall–Kier alpha value is -0.570. The summed E-state index contributed by atoms with van der Waals surface area (Å²) in [5, 5.41) is -0.423. The molecule has 0 bridgehead atoms. The smallest absolute Gasteiger partial charge is 0.244 e. The van der Waals surface area contributed by atoms with Crippen molar-refractivity contribution in [2.24, 2.45) is 0 Å². The molecular formula is C8H12ClNO2. The van der Waals surface area contributed by atoms with Crippen LogP contribution in [0.25, 0.3) is 0 Å². The molecule has 1 aliphatic heterocycles. The van der Waals surface area contributed by atoms with Gasteiger partial charge < -0.3 is 4.90 Å². The number of hydrogen-bond donors (Lipinski definition) is 0. The molecule has 1 amide bonds. The lowest BCUT2D eigenvalue weighted by Crippen LogP contribution is -2.39. The Bertz CT molecular complexity index is 205. The van der Waals surface area contributed by atoms with Crippen molar-refractivity contribution in [2.45, 2.75) is 32.2 Å². The highest BCUT2D eigenvalue weighted by atomic mass is 35.5. The maximum absolute atomic E-state index is 11.2. The van der Waals surface area contributed by atoms with Crippen LogP contribution in [0, 0.1) is 0 Å². The quantitative estimate of drug-likeness (QED) is 0.625. The Morgan fingerprint density at radius 2 is 2.42 bits per heavy atom. The van der Waals surface area contributed by atoms with Crippen molar-refractivity contribution < 1.29 is 9.59 Å². The number of halogens is 1. The van der Waals surface area contributed by atoms with E-state index in [0.29, 0.717) is 19.4 Å². The van der Waals surface area contributed by atoms with Gasteiger partial charge in [0.25, 0.3) is 0 Å². The fourth-order valence-electron chi connectivity index (χ4n) is 1.50. The normalized spacial score (nSPS) is 19.8. The van der Waals surface area contributed by atoms with E-state index in [-0.39, 0.29) is 5.91 Å². The molecule has 0 aromatic rings. The SMILES string of the molecule is CC[C@@H](C(=O)Cl)N1CCCC1=O. The number of likely N-dealkylation sites (tertiary alicyclic amines) is 1. The molecule has 4 heteroatoms. The van der Waals surface area contributed by atoms with Crippen LogP contribution in [0.15, 0.2) is 0 Å². The maximum Gasteiger partial charge on any atom is 0.244 e. The average molecular weight is 190 g/mol. The molecule has 0 aromatic heterocycles. The zero-order valence-corrected chi connectivity index (χ0v) is 7.80. The van der Waals surface area contributed by atoms with Crippen molar-refractivity contribution in [3.05, 3.63) is 0 Å². The van der Waals surface area contributed by atoms with Gasteiger partial charge in [-0.05, 0) is 24.4 Å². The van der Waals surface area contributed by atoms with Gasteiger partial charge in [-0.3, -0.25) is 9.59 Å². The summed E-state index contributed by atoms with van der Waals surface area (Å²) in [4.78, 5) is 23.7. The Morgan fingerprint density at radius 1 is 1.75 bits per heavy atom. The Balaban J connectivity index is 2.65. The number of nitrogens with zero attached hydrogens (tertiary/aromatic N) is 1. The Morgan fingerprint density at radius 3 is 2.75 bits per heavy atom. The third-order valence-corrected chi connectivity index (χ3v) is 2.39. The van der Waals surface area contributed by atoms with Crippen molar-refractivity contribution >= 4 is 22.8 Å². The summed E-state index contributed by atoms with van der Waals surface area (Å²) < 4.78 is 0. The van der Waals surface area contributed by atoms with Crippen LogP contribution in [-0.4, -0.2) is 28.6 Å². The maximum atomic E-state index is 11.2. The molecule has 68 valence electrons. The minimum absolute atomic E-state index is 0.0517. The molecule has 1 heterocycles. The van der Waals surface area contributed by atoms with E-state index in [2.05, 4.69) is 0 Å². The fourth-order valence-corrected chi connectivity index (χ4v) is 1.77. The zero-order valence-electron chi connectivity index (χ0n) is 7.05. The van der Waals surface area contributed by atoms with Crippen molar-refractivity contribution in [2.75, 3.05) is 6.54 Å². The molecule has 0 aliphatic carbocycles. The molecule has 1 fully saturated rings.